The van der Waals surface area contributed by atoms with Crippen LogP contribution in [0.15, 0.2) is 40.1 Å². The number of piperidine rings is 1. The average molecular weight is 362 g/mol. The van der Waals surface area contributed by atoms with Gasteiger partial charge < -0.3 is 9.88 Å². The largest absolute Gasteiger partial charge is 0.342 e. The summed E-state index contributed by atoms with van der Waals surface area (Å²) >= 11 is 5.94. The highest BCUT2D eigenvalue weighted by atomic mass is 35.5. The minimum atomic E-state index is -0.484. The molecule has 3 rings (SSSR count). The second kappa shape index (κ2) is 7.27. The molecular formula is C18H20ClN3O3. The zero-order valence-corrected chi connectivity index (χ0v) is 14.8. The molecule has 1 aromatic heterocycles. The van der Waals surface area contributed by atoms with Crippen molar-refractivity contribution >= 4 is 17.5 Å². The Labute approximate surface area is 150 Å². The van der Waals surface area contributed by atoms with Crippen LogP contribution in [0.2, 0.25) is 5.02 Å². The summed E-state index contributed by atoms with van der Waals surface area (Å²) in [6.45, 7) is 1.32. The lowest BCUT2D eigenvalue weighted by Gasteiger charge is -2.33. The minimum Gasteiger partial charge on any atom is -0.342 e. The number of benzene rings is 1. The van der Waals surface area contributed by atoms with E-state index in [4.69, 9.17) is 11.6 Å². The number of nitrogens with zero attached hydrogens (tertiary/aromatic N) is 2. The van der Waals surface area contributed by atoms with Crippen molar-refractivity contribution in [3.05, 3.63) is 67.4 Å². The quantitative estimate of drug-likeness (QED) is 0.903. The molecule has 6 nitrogen and oxygen atoms in total. The monoisotopic (exact) mass is 361 g/mol. The number of amides is 1. The van der Waals surface area contributed by atoms with E-state index in [0.717, 1.165) is 17.4 Å². The van der Waals surface area contributed by atoms with Crippen molar-refractivity contribution in [1.82, 2.24) is 14.5 Å². The number of aromatic amines is 1. The van der Waals surface area contributed by atoms with Crippen molar-refractivity contribution in [1.29, 1.82) is 0 Å². The fourth-order valence-corrected chi connectivity index (χ4v) is 3.35. The molecule has 0 radical (unpaired) electrons. The van der Waals surface area contributed by atoms with Gasteiger partial charge in [0.2, 0.25) is 5.91 Å². The van der Waals surface area contributed by atoms with E-state index in [9.17, 15) is 14.4 Å². The molecule has 2 heterocycles. The Morgan fingerprint density at radius 2 is 2.00 bits per heavy atom. The van der Waals surface area contributed by atoms with Gasteiger partial charge in [-0.2, -0.15) is 0 Å². The Bertz CT molecular complexity index is 886. The van der Waals surface area contributed by atoms with Crippen LogP contribution in [0.3, 0.4) is 0 Å². The van der Waals surface area contributed by atoms with Gasteiger partial charge >= 0.3 is 5.69 Å². The van der Waals surface area contributed by atoms with Crippen LogP contribution in [-0.2, 0) is 18.3 Å². The molecule has 1 amide bonds. The van der Waals surface area contributed by atoms with E-state index in [2.05, 4.69) is 4.98 Å². The first-order valence-electron chi connectivity index (χ1n) is 8.26. The van der Waals surface area contributed by atoms with E-state index in [-0.39, 0.29) is 18.2 Å². The molecule has 2 aromatic rings. The number of likely N-dealkylation sites (tertiary alicyclic amines) is 1. The second-order valence-electron chi connectivity index (χ2n) is 6.39. The third-order valence-corrected chi connectivity index (χ3v) is 4.96. The highest BCUT2D eigenvalue weighted by Gasteiger charge is 2.25. The fraction of sp³-hybridized carbons (Fsp3) is 0.389. The molecule has 1 atom stereocenters. The molecule has 1 fully saturated rings. The lowest BCUT2D eigenvalue weighted by atomic mass is 9.90. The maximum atomic E-state index is 12.6. The van der Waals surface area contributed by atoms with Gasteiger partial charge in [-0.1, -0.05) is 23.7 Å². The first-order valence-corrected chi connectivity index (χ1v) is 8.64. The van der Waals surface area contributed by atoms with Crippen LogP contribution in [0.25, 0.3) is 0 Å². The van der Waals surface area contributed by atoms with E-state index in [1.54, 1.807) is 4.90 Å². The Kier molecular flexibility index (Phi) is 5.08. The van der Waals surface area contributed by atoms with Gasteiger partial charge in [0.15, 0.2) is 0 Å². The lowest BCUT2D eigenvalue weighted by molar-refractivity contribution is -0.131. The molecule has 0 bridgehead atoms. The molecule has 1 aliphatic rings. The molecule has 1 saturated heterocycles. The predicted octanol–water partition coefficient (Wildman–Crippen LogP) is 1.68. The molecule has 1 N–H and O–H groups in total. The third-order valence-electron chi connectivity index (χ3n) is 4.71. The highest BCUT2D eigenvalue weighted by molar-refractivity contribution is 6.30. The average Bonchev–Trinajstić information content (AvgIpc) is 2.63. The first-order chi connectivity index (χ1) is 12.0. The number of hydrogen-bond donors (Lipinski definition) is 1. The number of nitrogens with one attached hydrogen (secondary N) is 1. The maximum Gasteiger partial charge on any atom is 0.328 e. The highest BCUT2D eigenvalue weighted by Crippen LogP contribution is 2.28. The number of hydrogen-bond acceptors (Lipinski definition) is 3. The first kappa shape index (κ1) is 17.5. The minimum absolute atomic E-state index is 0.00318. The Morgan fingerprint density at radius 1 is 1.28 bits per heavy atom. The zero-order chi connectivity index (χ0) is 18.0. The van der Waals surface area contributed by atoms with Crippen molar-refractivity contribution in [2.75, 3.05) is 13.1 Å². The normalized spacial score (nSPS) is 17.5. The van der Waals surface area contributed by atoms with E-state index in [1.165, 1.54) is 18.8 Å². The number of carbonyl (C=O) groups is 1. The van der Waals surface area contributed by atoms with Gasteiger partial charge in [0, 0.05) is 42.8 Å². The third kappa shape index (κ3) is 3.85. The van der Waals surface area contributed by atoms with Gasteiger partial charge in [0.1, 0.15) is 0 Å². The van der Waals surface area contributed by atoms with Crippen LogP contribution < -0.4 is 11.2 Å². The maximum absolute atomic E-state index is 12.6. The van der Waals surface area contributed by atoms with Gasteiger partial charge in [0.25, 0.3) is 5.56 Å². The van der Waals surface area contributed by atoms with Gasteiger partial charge in [-0.15, -0.1) is 0 Å². The molecule has 1 aliphatic heterocycles. The van der Waals surface area contributed by atoms with E-state index in [0.29, 0.717) is 23.7 Å². The smallest absolute Gasteiger partial charge is 0.328 e. The number of aromatic nitrogens is 2. The summed E-state index contributed by atoms with van der Waals surface area (Å²) in [5, 5.41) is 0.696. The van der Waals surface area contributed by atoms with Crippen LogP contribution >= 0.6 is 11.6 Å². The van der Waals surface area contributed by atoms with Gasteiger partial charge in [-0.05, 0) is 30.5 Å². The van der Waals surface area contributed by atoms with Crippen LogP contribution in [0.4, 0.5) is 0 Å². The molecular weight excluding hydrogens is 342 g/mol. The van der Waals surface area contributed by atoms with Crippen molar-refractivity contribution < 1.29 is 4.79 Å². The zero-order valence-electron chi connectivity index (χ0n) is 14.0. The van der Waals surface area contributed by atoms with Crippen molar-refractivity contribution in [2.45, 2.75) is 25.2 Å². The molecule has 7 heteroatoms. The molecule has 0 unspecified atom stereocenters. The standard InChI is InChI=1S/C18H20ClN3O3/c1-21-17(24)14(10-20-18(21)25)9-16(23)22-8-2-3-13(11-22)12-4-6-15(19)7-5-12/h4-7,10,13H,2-3,8-9,11H2,1H3,(H,20,25)/t13-/m1/s1. The molecule has 1 aromatic carbocycles. The summed E-state index contributed by atoms with van der Waals surface area (Å²) in [6, 6.07) is 7.72. The summed E-state index contributed by atoms with van der Waals surface area (Å²) in [5.41, 5.74) is 0.563. The van der Waals surface area contributed by atoms with Crippen molar-refractivity contribution in [2.24, 2.45) is 7.05 Å². The van der Waals surface area contributed by atoms with Gasteiger partial charge in [-0.3, -0.25) is 14.2 Å². The predicted molar refractivity (Wildman–Crippen MR) is 96.0 cm³/mol. The van der Waals surface area contributed by atoms with Crippen LogP contribution in [-0.4, -0.2) is 33.4 Å². The Hall–Kier alpha value is -2.34. The van der Waals surface area contributed by atoms with Crippen LogP contribution in [0, 0.1) is 0 Å². The van der Waals surface area contributed by atoms with E-state index in [1.807, 2.05) is 24.3 Å². The molecule has 25 heavy (non-hydrogen) atoms. The second-order valence-corrected chi connectivity index (χ2v) is 6.83. The topological polar surface area (TPSA) is 75.2 Å². The summed E-state index contributed by atoms with van der Waals surface area (Å²) in [5.74, 6) is 0.177. The molecule has 0 aliphatic carbocycles. The summed E-state index contributed by atoms with van der Waals surface area (Å²) in [4.78, 5) is 40.4. The summed E-state index contributed by atoms with van der Waals surface area (Å²) in [6.07, 6.45) is 3.27. The molecule has 0 spiro atoms. The Balaban J connectivity index is 1.72. The summed E-state index contributed by atoms with van der Waals surface area (Å²) in [7, 11) is 1.40. The van der Waals surface area contributed by atoms with E-state index < -0.39 is 11.2 Å². The number of H-pyrrole nitrogens is 1. The Morgan fingerprint density at radius 3 is 2.72 bits per heavy atom. The fourth-order valence-electron chi connectivity index (χ4n) is 3.23. The van der Waals surface area contributed by atoms with Crippen molar-refractivity contribution in [3.63, 3.8) is 0 Å². The number of carbonyl (C=O) groups excluding carboxylic acids is 1. The van der Waals surface area contributed by atoms with Crippen LogP contribution in [0.1, 0.15) is 29.9 Å². The SMILES string of the molecule is Cn1c(=O)[nH]cc(CC(=O)N2CCC[C@@H](c3ccc(Cl)cc3)C2)c1=O. The van der Waals surface area contributed by atoms with Crippen LogP contribution in [0.5, 0.6) is 0 Å². The molecule has 132 valence electrons. The van der Waals surface area contributed by atoms with Crippen molar-refractivity contribution in [3.8, 4) is 0 Å². The number of halogens is 1. The van der Waals surface area contributed by atoms with E-state index >= 15 is 0 Å². The molecule has 0 saturated carbocycles. The lowest BCUT2D eigenvalue weighted by Crippen LogP contribution is -2.42. The number of rotatable bonds is 3. The summed E-state index contributed by atoms with van der Waals surface area (Å²) < 4.78 is 0.981. The van der Waals surface area contributed by atoms with Gasteiger partial charge in [0.05, 0.1) is 6.42 Å². The van der Waals surface area contributed by atoms with Gasteiger partial charge in [-0.25, -0.2) is 4.79 Å².